The molecule has 4 nitrogen and oxygen atoms in total. The quantitative estimate of drug-likeness (QED) is 0.795. The Morgan fingerprint density at radius 2 is 2.06 bits per heavy atom. The molecule has 17 heavy (non-hydrogen) atoms. The lowest BCUT2D eigenvalue weighted by molar-refractivity contribution is 0.427. The molecule has 96 valence electrons. The monoisotopic (exact) mass is 236 g/mol. The van der Waals surface area contributed by atoms with E-state index in [0.717, 1.165) is 31.0 Å². The third-order valence-corrected chi connectivity index (χ3v) is 3.67. The maximum Gasteiger partial charge on any atom is 0.154 e. The molecule has 0 aliphatic heterocycles. The van der Waals surface area contributed by atoms with Crippen LogP contribution in [0, 0.1) is 0 Å². The second-order valence-corrected chi connectivity index (χ2v) is 5.05. The summed E-state index contributed by atoms with van der Waals surface area (Å²) in [6, 6.07) is 0. The van der Waals surface area contributed by atoms with Crippen molar-refractivity contribution in [1.82, 2.24) is 20.1 Å². The van der Waals surface area contributed by atoms with Crippen LogP contribution in [0.2, 0.25) is 0 Å². The Hall–Kier alpha value is -0.900. The van der Waals surface area contributed by atoms with E-state index in [4.69, 9.17) is 4.98 Å². The number of rotatable bonds is 5. The summed E-state index contributed by atoms with van der Waals surface area (Å²) >= 11 is 0. The van der Waals surface area contributed by atoms with Crippen molar-refractivity contribution < 1.29 is 0 Å². The minimum Gasteiger partial charge on any atom is -0.320 e. The van der Waals surface area contributed by atoms with Crippen LogP contribution in [0.3, 0.4) is 0 Å². The molecule has 2 rings (SSSR count). The first-order valence-electron chi connectivity index (χ1n) is 6.85. The first-order valence-corrected chi connectivity index (χ1v) is 6.85. The second-order valence-electron chi connectivity index (χ2n) is 5.05. The third-order valence-electron chi connectivity index (χ3n) is 3.67. The van der Waals surface area contributed by atoms with Crippen molar-refractivity contribution in [3.63, 3.8) is 0 Å². The van der Waals surface area contributed by atoms with E-state index in [1.54, 1.807) is 0 Å². The van der Waals surface area contributed by atoms with Gasteiger partial charge in [0.05, 0.1) is 0 Å². The molecule has 0 saturated heterocycles. The number of nitrogens with zero attached hydrogens (tertiary/aromatic N) is 3. The van der Waals surface area contributed by atoms with Crippen LogP contribution in [0.5, 0.6) is 0 Å². The van der Waals surface area contributed by atoms with Crippen LogP contribution in [0.25, 0.3) is 0 Å². The summed E-state index contributed by atoms with van der Waals surface area (Å²) in [7, 11) is 4.01. The summed E-state index contributed by atoms with van der Waals surface area (Å²) in [4.78, 5) is 4.73. The average Bonchev–Trinajstić information content (AvgIpc) is 2.73. The van der Waals surface area contributed by atoms with Gasteiger partial charge in [0.2, 0.25) is 0 Å². The Morgan fingerprint density at radius 1 is 1.29 bits per heavy atom. The van der Waals surface area contributed by atoms with Crippen LogP contribution in [-0.4, -0.2) is 28.4 Å². The zero-order chi connectivity index (χ0) is 12.1. The Kier molecular flexibility index (Phi) is 4.54. The van der Waals surface area contributed by atoms with Crippen molar-refractivity contribution in [3.05, 3.63) is 11.6 Å². The van der Waals surface area contributed by atoms with Crippen LogP contribution in [0.1, 0.15) is 56.1 Å². The number of aromatic nitrogens is 3. The summed E-state index contributed by atoms with van der Waals surface area (Å²) in [5, 5.41) is 7.77. The lowest BCUT2D eigenvalue weighted by Gasteiger charge is -2.18. The molecule has 0 amide bonds. The van der Waals surface area contributed by atoms with E-state index >= 15 is 0 Å². The van der Waals surface area contributed by atoms with Gasteiger partial charge in [0, 0.05) is 19.4 Å². The SMILES string of the molecule is CNCCCc1nc(C2CCCCC2)nn1C. The first-order chi connectivity index (χ1) is 8.31. The van der Waals surface area contributed by atoms with Crippen LogP contribution in [0.4, 0.5) is 0 Å². The van der Waals surface area contributed by atoms with Crippen molar-refractivity contribution >= 4 is 0 Å². The van der Waals surface area contributed by atoms with Gasteiger partial charge in [0.25, 0.3) is 0 Å². The van der Waals surface area contributed by atoms with Crippen molar-refractivity contribution in [2.24, 2.45) is 7.05 Å². The molecule has 1 heterocycles. The van der Waals surface area contributed by atoms with E-state index in [9.17, 15) is 0 Å². The molecule has 0 radical (unpaired) electrons. The van der Waals surface area contributed by atoms with Crippen molar-refractivity contribution in [2.45, 2.75) is 50.9 Å². The molecule has 1 aromatic heterocycles. The van der Waals surface area contributed by atoms with Gasteiger partial charge in [-0.15, -0.1) is 0 Å². The Bertz CT molecular complexity index is 339. The average molecular weight is 236 g/mol. The first kappa shape index (κ1) is 12.6. The maximum absolute atomic E-state index is 4.73. The molecule has 0 aromatic carbocycles. The molecule has 0 bridgehead atoms. The highest BCUT2D eigenvalue weighted by molar-refractivity contribution is 5.00. The van der Waals surface area contributed by atoms with E-state index in [1.807, 2.05) is 18.8 Å². The summed E-state index contributed by atoms with van der Waals surface area (Å²) in [5.74, 6) is 2.85. The fourth-order valence-corrected chi connectivity index (χ4v) is 2.61. The van der Waals surface area contributed by atoms with E-state index in [-0.39, 0.29) is 0 Å². The highest BCUT2D eigenvalue weighted by atomic mass is 15.3. The van der Waals surface area contributed by atoms with E-state index in [1.165, 1.54) is 32.1 Å². The second kappa shape index (κ2) is 6.15. The van der Waals surface area contributed by atoms with Crippen molar-refractivity contribution in [2.75, 3.05) is 13.6 Å². The fraction of sp³-hybridized carbons (Fsp3) is 0.846. The highest BCUT2D eigenvalue weighted by Gasteiger charge is 2.20. The topological polar surface area (TPSA) is 42.7 Å². The van der Waals surface area contributed by atoms with Gasteiger partial charge < -0.3 is 5.32 Å². The van der Waals surface area contributed by atoms with E-state index in [2.05, 4.69) is 10.4 Å². The molecule has 1 N–H and O–H groups in total. The van der Waals surface area contributed by atoms with Crippen LogP contribution in [-0.2, 0) is 13.5 Å². The van der Waals surface area contributed by atoms with Crippen LogP contribution < -0.4 is 5.32 Å². The van der Waals surface area contributed by atoms with Crippen LogP contribution in [0.15, 0.2) is 0 Å². The zero-order valence-corrected chi connectivity index (χ0v) is 11.1. The lowest BCUT2D eigenvalue weighted by Crippen LogP contribution is -2.10. The van der Waals surface area contributed by atoms with E-state index < -0.39 is 0 Å². The zero-order valence-electron chi connectivity index (χ0n) is 11.1. The minimum absolute atomic E-state index is 0.619. The summed E-state index contributed by atoms with van der Waals surface area (Å²) in [5.41, 5.74) is 0. The number of nitrogens with one attached hydrogen (secondary N) is 1. The van der Waals surface area contributed by atoms with Crippen molar-refractivity contribution in [1.29, 1.82) is 0 Å². The van der Waals surface area contributed by atoms with Gasteiger partial charge in [-0.3, -0.25) is 4.68 Å². The predicted molar refractivity (Wildman–Crippen MR) is 69.1 cm³/mol. The van der Waals surface area contributed by atoms with Gasteiger partial charge in [0.1, 0.15) is 5.82 Å². The Morgan fingerprint density at radius 3 is 2.76 bits per heavy atom. The predicted octanol–water partition coefficient (Wildman–Crippen LogP) is 2.01. The highest BCUT2D eigenvalue weighted by Crippen LogP contribution is 2.30. The van der Waals surface area contributed by atoms with Gasteiger partial charge in [-0.2, -0.15) is 5.10 Å². The third kappa shape index (κ3) is 3.28. The molecular formula is C13H24N4. The van der Waals surface area contributed by atoms with Gasteiger partial charge in [0.15, 0.2) is 5.82 Å². The van der Waals surface area contributed by atoms with Gasteiger partial charge >= 0.3 is 0 Å². The molecule has 0 unspecified atom stereocenters. The Labute approximate surface area is 104 Å². The largest absolute Gasteiger partial charge is 0.320 e. The molecular weight excluding hydrogens is 212 g/mol. The van der Waals surface area contributed by atoms with Crippen molar-refractivity contribution in [3.8, 4) is 0 Å². The molecule has 1 aromatic rings. The number of aryl methyl sites for hydroxylation is 2. The summed E-state index contributed by atoms with van der Waals surface area (Å²) < 4.78 is 1.97. The molecule has 0 spiro atoms. The molecule has 1 fully saturated rings. The molecule has 1 saturated carbocycles. The number of hydrogen-bond donors (Lipinski definition) is 1. The van der Waals surface area contributed by atoms with Gasteiger partial charge in [-0.05, 0) is 32.9 Å². The minimum atomic E-state index is 0.619. The van der Waals surface area contributed by atoms with E-state index in [0.29, 0.717) is 5.92 Å². The lowest BCUT2D eigenvalue weighted by atomic mass is 9.89. The fourth-order valence-electron chi connectivity index (χ4n) is 2.61. The molecule has 1 aliphatic carbocycles. The summed E-state index contributed by atoms with van der Waals surface area (Å²) in [6.07, 6.45) is 8.79. The Balaban J connectivity index is 1.96. The molecule has 0 atom stereocenters. The molecule has 1 aliphatic rings. The van der Waals surface area contributed by atoms with Crippen LogP contribution >= 0.6 is 0 Å². The normalized spacial score (nSPS) is 17.5. The van der Waals surface area contributed by atoms with Gasteiger partial charge in [-0.25, -0.2) is 4.98 Å². The standard InChI is InChI=1S/C13H24N4/c1-14-10-6-9-12-15-13(16-17(12)2)11-7-4-3-5-8-11/h11,14H,3-10H2,1-2H3. The summed E-state index contributed by atoms with van der Waals surface area (Å²) in [6.45, 7) is 1.05. The van der Waals surface area contributed by atoms with Gasteiger partial charge in [-0.1, -0.05) is 19.3 Å². The molecule has 4 heteroatoms. The smallest absolute Gasteiger partial charge is 0.154 e. The number of hydrogen-bond acceptors (Lipinski definition) is 3. The maximum atomic E-state index is 4.73.